The molecular formula is C12H21N3O. The van der Waals surface area contributed by atoms with Gasteiger partial charge in [0.2, 0.25) is 0 Å². The van der Waals surface area contributed by atoms with E-state index in [0.717, 1.165) is 31.1 Å². The molecule has 0 aliphatic heterocycles. The Bertz CT molecular complexity index is 317. The highest BCUT2D eigenvalue weighted by Crippen LogP contribution is 2.09. The quantitative estimate of drug-likeness (QED) is 0.794. The predicted molar refractivity (Wildman–Crippen MR) is 66.1 cm³/mol. The topological polar surface area (TPSA) is 51.4 Å². The first-order chi connectivity index (χ1) is 7.67. The third-order valence-electron chi connectivity index (χ3n) is 2.64. The molecule has 1 rings (SSSR count). The van der Waals surface area contributed by atoms with Crippen LogP contribution in [0.1, 0.15) is 19.5 Å². The Balaban J connectivity index is 2.62. The molecule has 90 valence electrons. The molecule has 1 unspecified atom stereocenters. The molecule has 0 spiro atoms. The minimum absolute atomic E-state index is 0.387. The maximum absolute atomic E-state index is 5.73. The van der Waals surface area contributed by atoms with Crippen LogP contribution in [0.2, 0.25) is 0 Å². The minimum atomic E-state index is 0.387. The highest BCUT2D eigenvalue weighted by molar-refractivity contribution is 5.37. The van der Waals surface area contributed by atoms with E-state index in [9.17, 15) is 0 Å². The summed E-state index contributed by atoms with van der Waals surface area (Å²) in [5.74, 6) is 0. The van der Waals surface area contributed by atoms with E-state index in [1.807, 2.05) is 6.07 Å². The molecule has 0 saturated heterocycles. The van der Waals surface area contributed by atoms with Gasteiger partial charge >= 0.3 is 0 Å². The average molecular weight is 223 g/mol. The summed E-state index contributed by atoms with van der Waals surface area (Å²) in [7, 11) is 1.73. The fraction of sp³-hybridized carbons (Fsp3) is 0.583. The molecule has 4 heteroatoms. The third-order valence-corrected chi connectivity index (χ3v) is 2.64. The monoisotopic (exact) mass is 223 g/mol. The predicted octanol–water partition coefficient (Wildman–Crippen LogP) is 1.52. The molecule has 1 aromatic rings. The van der Waals surface area contributed by atoms with Crippen LogP contribution in [0.15, 0.2) is 18.3 Å². The second-order valence-corrected chi connectivity index (χ2v) is 3.95. The fourth-order valence-electron chi connectivity index (χ4n) is 1.72. The van der Waals surface area contributed by atoms with Gasteiger partial charge in [-0.3, -0.25) is 9.88 Å². The van der Waals surface area contributed by atoms with Crippen LogP contribution in [0.4, 0.5) is 5.69 Å². The number of aromatic nitrogens is 1. The van der Waals surface area contributed by atoms with Gasteiger partial charge in [0.05, 0.1) is 12.3 Å². The lowest BCUT2D eigenvalue weighted by Gasteiger charge is -2.26. The molecule has 1 atom stereocenters. The zero-order valence-electron chi connectivity index (χ0n) is 10.3. The number of anilines is 1. The number of hydrogen-bond acceptors (Lipinski definition) is 4. The van der Waals surface area contributed by atoms with Crippen LogP contribution in [0, 0.1) is 0 Å². The smallest absolute Gasteiger partial charge is 0.0615 e. The van der Waals surface area contributed by atoms with E-state index < -0.39 is 0 Å². The Morgan fingerprint density at radius 3 is 2.88 bits per heavy atom. The average Bonchev–Trinajstić information content (AvgIpc) is 2.26. The molecular weight excluding hydrogens is 202 g/mol. The van der Waals surface area contributed by atoms with Crippen molar-refractivity contribution in [3.63, 3.8) is 0 Å². The number of nitrogens with zero attached hydrogens (tertiary/aromatic N) is 2. The van der Waals surface area contributed by atoms with Crippen molar-refractivity contribution in [1.29, 1.82) is 0 Å². The van der Waals surface area contributed by atoms with E-state index in [4.69, 9.17) is 10.5 Å². The van der Waals surface area contributed by atoms with Gasteiger partial charge in [-0.1, -0.05) is 6.92 Å². The van der Waals surface area contributed by atoms with E-state index in [0.29, 0.717) is 6.04 Å². The van der Waals surface area contributed by atoms with Gasteiger partial charge in [0.15, 0.2) is 0 Å². The van der Waals surface area contributed by atoms with Crippen molar-refractivity contribution in [2.45, 2.75) is 26.4 Å². The Morgan fingerprint density at radius 2 is 2.31 bits per heavy atom. The number of nitrogens with two attached hydrogens (primary N) is 1. The van der Waals surface area contributed by atoms with E-state index in [-0.39, 0.29) is 0 Å². The zero-order valence-corrected chi connectivity index (χ0v) is 10.3. The van der Waals surface area contributed by atoms with Gasteiger partial charge < -0.3 is 10.5 Å². The molecule has 1 heterocycles. The number of hydrogen-bond donors (Lipinski definition) is 1. The van der Waals surface area contributed by atoms with Crippen molar-refractivity contribution in [2.24, 2.45) is 0 Å². The van der Waals surface area contributed by atoms with E-state index in [1.54, 1.807) is 19.4 Å². The lowest BCUT2D eigenvalue weighted by atomic mass is 10.2. The van der Waals surface area contributed by atoms with E-state index in [2.05, 4.69) is 23.7 Å². The lowest BCUT2D eigenvalue weighted by molar-refractivity contribution is 0.0974. The number of nitrogen functional groups attached to an aromatic ring is 1. The van der Waals surface area contributed by atoms with Gasteiger partial charge in [-0.05, 0) is 25.6 Å². The Morgan fingerprint density at radius 1 is 1.56 bits per heavy atom. The third kappa shape index (κ3) is 3.79. The summed E-state index contributed by atoms with van der Waals surface area (Å²) in [5, 5.41) is 0. The van der Waals surface area contributed by atoms with Crippen molar-refractivity contribution in [1.82, 2.24) is 9.88 Å². The maximum Gasteiger partial charge on any atom is 0.0615 e. The molecule has 0 bridgehead atoms. The summed E-state index contributed by atoms with van der Waals surface area (Å²) in [5.41, 5.74) is 7.50. The van der Waals surface area contributed by atoms with Crippen LogP contribution in [-0.4, -0.2) is 36.2 Å². The zero-order chi connectivity index (χ0) is 12.0. The molecule has 0 aliphatic carbocycles. The van der Waals surface area contributed by atoms with Gasteiger partial charge in [-0.2, -0.15) is 0 Å². The second-order valence-electron chi connectivity index (χ2n) is 3.95. The van der Waals surface area contributed by atoms with Crippen molar-refractivity contribution >= 4 is 5.69 Å². The summed E-state index contributed by atoms with van der Waals surface area (Å²) in [6, 6.07) is 4.11. The van der Waals surface area contributed by atoms with Crippen LogP contribution in [0.5, 0.6) is 0 Å². The molecule has 0 amide bonds. The highest BCUT2D eigenvalue weighted by atomic mass is 16.5. The summed E-state index contributed by atoms with van der Waals surface area (Å²) in [6.45, 7) is 6.81. The normalized spacial score (nSPS) is 13.0. The fourth-order valence-corrected chi connectivity index (χ4v) is 1.72. The standard InChI is InChI=1S/C12H21N3O/c1-4-15(10(2)9-16-3)8-12-7-11(13)5-6-14-12/h5-7,10H,4,8-9H2,1-3H3,(H2,13,14). The van der Waals surface area contributed by atoms with Crippen LogP contribution >= 0.6 is 0 Å². The minimum Gasteiger partial charge on any atom is -0.399 e. The molecule has 0 aliphatic rings. The lowest BCUT2D eigenvalue weighted by Crippen LogP contribution is -2.35. The van der Waals surface area contributed by atoms with Crippen molar-refractivity contribution in [3.8, 4) is 0 Å². The van der Waals surface area contributed by atoms with Crippen LogP contribution in [0.3, 0.4) is 0 Å². The van der Waals surface area contributed by atoms with Crippen LogP contribution < -0.4 is 5.73 Å². The first kappa shape index (κ1) is 12.9. The van der Waals surface area contributed by atoms with Gasteiger partial charge in [-0.15, -0.1) is 0 Å². The second kappa shape index (κ2) is 6.45. The molecule has 0 fully saturated rings. The molecule has 2 N–H and O–H groups in total. The van der Waals surface area contributed by atoms with Gasteiger partial charge in [0, 0.05) is 31.6 Å². The van der Waals surface area contributed by atoms with Gasteiger partial charge in [0.1, 0.15) is 0 Å². The van der Waals surface area contributed by atoms with Crippen molar-refractivity contribution < 1.29 is 4.74 Å². The van der Waals surface area contributed by atoms with E-state index >= 15 is 0 Å². The Labute approximate surface area is 97.4 Å². The largest absolute Gasteiger partial charge is 0.399 e. The Hall–Kier alpha value is -1.13. The van der Waals surface area contributed by atoms with Crippen LogP contribution in [-0.2, 0) is 11.3 Å². The number of ether oxygens (including phenoxy) is 1. The van der Waals surface area contributed by atoms with Gasteiger partial charge in [0.25, 0.3) is 0 Å². The summed E-state index contributed by atoms with van der Waals surface area (Å²) < 4.78 is 5.16. The summed E-state index contributed by atoms with van der Waals surface area (Å²) in [6.07, 6.45) is 1.75. The summed E-state index contributed by atoms with van der Waals surface area (Å²) >= 11 is 0. The first-order valence-corrected chi connectivity index (χ1v) is 5.60. The Kier molecular flexibility index (Phi) is 5.22. The first-order valence-electron chi connectivity index (χ1n) is 5.60. The molecule has 0 saturated carbocycles. The number of likely N-dealkylation sites (N-methyl/N-ethyl adjacent to an activating group) is 1. The van der Waals surface area contributed by atoms with Crippen molar-refractivity contribution in [3.05, 3.63) is 24.0 Å². The van der Waals surface area contributed by atoms with E-state index in [1.165, 1.54) is 0 Å². The molecule has 0 radical (unpaired) electrons. The maximum atomic E-state index is 5.73. The number of rotatable bonds is 6. The van der Waals surface area contributed by atoms with Crippen molar-refractivity contribution in [2.75, 3.05) is 26.0 Å². The highest BCUT2D eigenvalue weighted by Gasteiger charge is 2.12. The molecule has 0 aromatic carbocycles. The summed E-state index contributed by atoms with van der Waals surface area (Å²) in [4.78, 5) is 6.62. The number of pyridine rings is 1. The molecule has 16 heavy (non-hydrogen) atoms. The molecule has 4 nitrogen and oxygen atoms in total. The molecule has 1 aromatic heterocycles. The SMILES string of the molecule is CCN(Cc1cc(N)ccn1)C(C)COC. The van der Waals surface area contributed by atoms with Gasteiger partial charge in [-0.25, -0.2) is 0 Å². The number of methoxy groups -OCH3 is 1. The van der Waals surface area contributed by atoms with Crippen LogP contribution in [0.25, 0.3) is 0 Å².